The van der Waals surface area contributed by atoms with E-state index in [-0.39, 0.29) is 17.9 Å². The van der Waals surface area contributed by atoms with Gasteiger partial charge in [-0.1, -0.05) is 12.8 Å². The molecule has 0 aromatic heterocycles. The fraction of sp³-hybridized carbons (Fsp3) is 0.550. The van der Waals surface area contributed by atoms with E-state index in [0.29, 0.717) is 30.6 Å². The number of ether oxygens (including phenoxy) is 1. The van der Waals surface area contributed by atoms with Crippen molar-refractivity contribution >= 4 is 23.5 Å². The van der Waals surface area contributed by atoms with Crippen LogP contribution in [0, 0.1) is 11.8 Å². The van der Waals surface area contributed by atoms with Crippen molar-refractivity contribution < 1.29 is 24.2 Å². The van der Waals surface area contributed by atoms with Crippen molar-refractivity contribution in [1.82, 2.24) is 5.32 Å². The quantitative estimate of drug-likeness (QED) is 0.776. The van der Waals surface area contributed by atoms with Crippen LogP contribution < -0.4 is 15.7 Å². The Morgan fingerprint density at radius 3 is 2.33 bits per heavy atom. The van der Waals surface area contributed by atoms with Crippen molar-refractivity contribution in [2.75, 3.05) is 18.5 Å². The SMILES string of the molecule is O=C(NC[C@H]1CCCO1)c1ccc(NC(=O)[C@H]2CCCC[C@@H]2C(=O)[O-])cc1. The van der Waals surface area contributed by atoms with Crippen molar-refractivity contribution in [2.45, 2.75) is 44.6 Å². The van der Waals surface area contributed by atoms with Gasteiger partial charge in [0.15, 0.2) is 0 Å². The highest BCUT2D eigenvalue weighted by Crippen LogP contribution is 2.30. The summed E-state index contributed by atoms with van der Waals surface area (Å²) in [5.74, 6) is -2.96. The third kappa shape index (κ3) is 5.07. The van der Waals surface area contributed by atoms with E-state index in [2.05, 4.69) is 10.6 Å². The molecule has 3 rings (SSSR count). The van der Waals surface area contributed by atoms with Gasteiger partial charge in [0.25, 0.3) is 5.91 Å². The summed E-state index contributed by atoms with van der Waals surface area (Å²) in [7, 11) is 0. The number of nitrogens with one attached hydrogen (secondary N) is 2. The first-order valence-electron chi connectivity index (χ1n) is 9.56. The van der Waals surface area contributed by atoms with Crippen molar-refractivity contribution in [3.63, 3.8) is 0 Å². The Hall–Kier alpha value is -2.41. The Bertz CT molecular complexity index is 682. The summed E-state index contributed by atoms with van der Waals surface area (Å²) in [6, 6.07) is 6.57. The van der Waals surface area contributed by atoms with Crippen LogP contribution in [0.2, 0.25) is 0 Å². The van der Waals surface area contributed by atoms with E-state index in [0.717, 1.165) is 32.3 Å². The highest BCUT2D eigenvalue weighted by Gasteiger charge is 2.31. The fourth-order valence-electron chi connectivity index (χ4n) is 3.78. The summed E-state index contributed by atoms with van der Waals surface area (Å²) in [6.07, 6.45) is 4.73. The molecule has 1 aliphatic heterocycles. The van der Waals surface area contributed by atoms with Crippen molar-refractivity contribution in [3.05, 3.63) is 29.8 Å². The third-order valence-corrected chi connectivity index (χ3v) is 5.33. The maximum absolute atomic E-state index is 12.5. The maximum Gasteiger partial charge on any atom is 0.251 e. The summed E-state index contributed by atoms with van der Waals surface area (Å²) >= 11 is 0. The number of benzene rings is 1. The topological polar surface area (TPSA) is 108 Å². The van der Waals surface area contributed by atoms with E-state index >= 15 is 0 Å². The predicted molar refractivity (Wildman–Crippen MR) is 96.8 cm³/mol. The zero-order chi connectivity index (χ0) is 19.2. The zero-order valence-corrected chi connectivity index (χ0v) is 15.2. The fourth-order valence-corrected chi connectivity index (χ4v) is 3.78. The van der Waals surface area contributed by atoms with Crippen LogP contribution in [0.15, 0.2) is 24.3 Å². The molecule has 2 amide bonds. The summed E-state index contributed by atoms with van der Waals surface area (Å²) in [5.41, 5.74) is 1.04. The molecule has 0 radical (unpaired) electrons. The lowest BCUT2D eigenvalue weighted by Crippen LogP contribution is -2.42. The van der Waals surface area contributed by atoms with E-state index in [1.165, 1.54) is 0 Å². The monoisotopic (exact) mass is 373 g/mol. The molecule has 1 aromatic rings. The molecule has 0 unspecified atom stereocenters. The molecule has 146 valence electrons. The minimum atomic E-state index is -1.16. The smallest absolute Gasteiger partial charge is 0.251 e. The first-order chi connectivity index (χ1) is 13.0. The van der Waals surface area contributed by atoms with Gasteiger partial charge < -0.3 is 25.3 Å². The number of hydrogen-bond acceptors (Lipinski definition) is 5. The third-order valence-electron chi connectivity index (χ3n) is 5.33. The van der Waals surface area contributed by atoms with Gasteiger partial charge in [-0.3, -0.25) is 9.59 Å². The van der Waals surface area contributed by atoms with Gasteiger partial charge in [-0.15, -0.1) is 0 Å². The van der Waals surface area contributed by atoms with Crippen LogP contribution in [0.5, 0.6) is 0 Å². The number of carboxylic acids is 1. The minimum Gasteiger partial charge on any atom is -0.550 e. The van der Waals surface area contributed by atoms with E-state index in [1.807, 2.05) is 0 Å². The molecular formula is C20H25N2O5-. The second-order valence-corrected chi connectivity index (χ2v) is 7.23. The van der Waals surface area contributed by atoms with Crippen molar-refractivity contribution in [3.8, 4) is 0 Å². The van der Waals surface area contributed by atoms with Gasteiger partial charge in [0.05, 0.1) is 6.10 Å². The first-order valence-corrected chi connectivity index (χ1v) is 9.56. The molecule has 27 heavy (non-hydrogen) atoms. The normalized spacial score (nSPS) is 25.0. The predicted octanol–water partition coefficient (Wildman–Crippen LogP) is 1.09. The molecule has 2 fully saturated rings. The van der Waals surface area contributed by atoms with Gasteiger partial charge in [0.2, 0.25) is 5.91 Å². The molecule has 1 saturated carbocycles. The number of aliphatic carboxylic acids is 1. The Balaban J connectivity index is 1.54. The lowest BCUT2D eigenvalue weighted by molar-refractivity contribution is -0.313. The van der Waals surface area contributed by atoms with Gasteiger partial charge in [0, 0.05) is 42.2 Å². The zero-order valence-electron chi connectivity index (χ0n) is 15.2. The highest BCUT2D eigenvalue weighted by molar-refractivity contribution is 5.97. The van der Waals surface area contributed by atoms with Gasteiger partial charge in [-0.2, -0.15) is 0 Å². The number of carbonyl (C=O) groups excluding carboxylic acids is 3. The molecule has 1 aliphatic carbocycles. The number of hydrogen-bond donors (Lipinski definition) is 2. The second kappa shape index (κ2) is 8.99. The number of carbonyl (C=O) groups is 3. The lowest BCUT2D eigenvalue weighted by atomic mass is 9.78. The molecule has 7 heteroatoms. The average molecular weight is 373 g/mol. The maximum atomic E-state index is 12.5. The first kappa shape index (κ1) is 19.4. The second-order valence-electron chi connectivity index (χ2n) is 7.23. The van der Waals surface area contributed by atoms with Gasteiger partial charge in [0.1, 0.15) is 0 Å². The minimum absolute atomic E-state index is 0.0830. The van der Waals surface area contributed by atoms with Crippen LogP contribution in [-0.4, -0.2) is 37.0 Å². The molecule has 2 aliphatic rings. The van der Waals surface area contributed by atoms with Crippen LogP contribution in [0.25, 0.3) is 0 Å². The van der Waals surface area contributed by atoms with Crippen LogP contribution in [0.1, 0.15) is 48.9 Å². The van der Waals surface area contributed by atoms with E-state index in [4.69, 9.17) is 4.74 Å². The van der Waals surface area contributed by atoms with E-state index in [9.17, 15) is 19.5 Å². The molecule has 2 N–H and O–H groups in total. The molecule has 1 heterocycles. The molecular weight excluding hydrogens is 348 g/mol. The van der Waals surface area contributed by atoms with Gasteiger partial charge in [-0.25, -0.2) is 0 Å². The average Bonchev–Trinajstić information content (AvgIpc) is 3.20. The number of carboxylic acid groups (broad SMARTS) is 1. The summed E-state index contributed by atoms with van der Waals surface area (Å²) in [6.45, 7) is 1.23. The standard InChI is InChI=1S/C20H26N2O5/c23-18(21-12-15-4-3-11-27-15)13-7-9-14(10-8-13)22-19(24)16-5-1-2-6-17(16)20(25)26/h7-10,15-17H,1-6,11-12H2,(H,21,23)(H,22,24)(H,25,26)/p-1/t15-,16+,17+/m1/s1. The molecule has 3 atom stereocenters. The number of anilines is 1. The highest BCUT2D eigenvalue weighted by atomic mass is 16.5. The summed E-state index contributed by atoms with van der Waals surface area (Å²) in [4.78, 5) is 35.9. The van der Waals surface area contributed by atoms with Crippen molar-refractivity contribution in [1.29, 1.82) is 0 Å². The van der Waals surface area contributed by atoms with Gasteiger partial charge >= 0.3 is 0 Å². The van der Waals surface area contributed by atoms with Crippen molar-refractivity contribution in [2.24, 2.45) is 11.8 Å². The van der Waals surface area contributed by atoms with Crippen LogP contribution in [0.4, 0.5) is 5.69 Å². The molecule has 0 spiro atoms. The molecule has 7 nitrogen and oxygen atoms in total. The Morgan fingerprint density at radius 1 is 1.00 bits per heavy atom. The van der Waals surface area contributed by atoms with Crippen LogP contribution in [-0.2, 0) is 14.3 Å². The lowest BCUT2D eigenvalue weighted by Gasteiger charge is -2.31. The van der Waals surface area contributed by atoms with Crippen LogP contribution in [0.3, 0.4) is 0 Å². The van der Waals surface area contributed by atoms with E-state index < -0.39 is 17.8 Å². The molecule has 1 aromatic carbocycles. The summed E-state index contributed by atoms with van der Waals surface area (Å²) in [5, 5.41) is 16.9. The Morgan fingerprint density at radius 2 is 1.70 bits per heavy atom. The van der Waals surface area contributed by atoms with Crippen LogP contribution >= 0.6 is 0 Å². The summed E-state index contributed by atoms with van der Waals surface area (Å²) < 4.78 is 5.48. The Kier molecular flexibility index (Phi) is 6.45. The largest absolute Gasteiger partial charge is 0.550 e. The number of rotatable bonds is 6. The molecule has 0 bridgehead atoms. The Labute approximate surface area is 158 Å². The van der Waals surface area contributed by atoms with E-state index in [1.54, 1.807) is 24.3 Å². The van der Waals surface area contributed by atoms with Gasteiger partial charge in [-0.05, 0) is 49.9 Å². The molecule has 1 saturated heterocycles. The number of amides is 2.